The van der Waals surface area contributed by atoms with Crippen molar-refractivity contribution in [2.75, 3.05) is 25.0 Å². The highest BCUT2D eigenvalue weighted by Crippen LogP contribution is 2.28. The molecular formula is C16H20FN3O2S. The van der Waals surface area contributed by atoms with Crippen LogP contribution in [-0.2, 0) is 4.79 Å². The standard InChI is InChI=1S/C16H20FN3O2S/c17-11-3-6-13-14(9-11)23-16(18-13)19-15(22)10-20(12-4-5-12)7-1-2-8-21/h3,6,9,12,21H,1-2,4-5,7-8,10H2,(H,18,19,22). The summed E-state index contributed by atoms with van der Waals surface area (Å²) < 4.78 is 13.9. The number of fused-ring (bicyclic) bond motifs is 1. The Kier molecular flexibility index (Phi) is 5.20. The number of thiazole rings is 1. The van der Waals surface area contributed by atoms with Crippen molar-refractivity contribution in [1.82, 2.24) is 9.88 Å². The van der Waals surface area contributed by atoms with Crippen molar-refractivity contribution >= 4 is 32.6 Å². The summed E-state index contributed by atoms with van der Waals surface area (Å²) >= 11 is 1.28. The quantitative estimate of drug-likeness (QED) is 0.727. The Balaban J connectivity index is 1.58. The molecule has 0 spiro atoms. The number of nitrogens with zero attached hydrogens (tertiary/aromatic N) is 2. The number of anilines is 1. The maximum Gasteiger partial charge on any atom is 0.240 e. The number of carbonyl (C=O) groups excluding carboxylic acids is 1. The number of unbranched alkanes of at least 4 members (excludes halogenated alkanes) is 1. The Morgan fingerprint density at radius 1 is 1.43 bits per heavy atom. The Morgan fingerprint density at radius 2 is 2.26 bits per heavy atom. The first-order valence-corrected chi connectivity index (χ1v) is 8.68. The highest BCUT2D eigenvalue weighted by molar-refractivity contribution is 7.22. The van der Waals surface area contributed by atoms with Gasteiger partial charge in [-0.15, -0.1) is 0 Å². The van der Waals surface area contributed by atoms with E-state index in [2.05, 4.69) is 15.2 Å². The molecule has 3 rings (SSSR count). The van der Waals surface area contributed by atoms with Gasteiger partial charge in [-0.2, -0.15) is 0 Å². The van der Waals surface area contributed by atoms with Crippen molar-refractivity contribution in [1.29, 1.82) is 0 Å². The zero-order valence-electron chi connectivity index (χ0n) is 12.8. The van der Waals surface area contributed by atoms with Gasteiger partial charge in [-0.3, -0.25) is 9.69 Å². The van der Waals surface area contributed by atoms with Gasteiger partial charge < -0.3 is 10.4 Å². The van der Waals surface area contributed by atoms with Gasteiger partial charge in [0.05, 0.1) is 16.8 Å². The number of hydrogen-bond acceptors (Lipinski definition) is 5. The van der Waals surface area contributed by atoms with E-state index in [4.69, 9.17) is 5.11 Å². The fourth-order valence-corrected chi connectivity index (χ4v) is 3.46. The summed E-state index contributed by atoms with van der Waals surface area (Å²) in [5.41, 5.74) is 0.689. The highest BCUT2D eigenvalue weighted by atomic mass is 32.1. The van der Waals surface area contributed by atoms with Gasteiger partial charge in [-0.05, 0) is 50.4 Å². The molecule has 2 N–H and O–H groups in total. The second kappa shape index (κ2) is 7.33. The summed E-state index contributed by atoms with van der Waals surface area (Å²) in [6, 6.07) is 4.89. The number of halogens is 1. The summed E-state index contributed by atoms with van der Waals surface area (Å²) in [6.07, 6.45) is 3.91. The van der Waals surface area contributed by atoms with Crippen molar-refractivity contribution in [3.8, 4) is 0 Å². The molecule has 7 heteroatoms. The van der Waals surface area contributed by atoms with Crippen LogP contribution in [0.15, 0.2) is 18.2 Å². The molecule has 23 heavy (non-hydrogen) atoms. The zero-order valence-corrected chi connectivity index (χ0v) is 13.6. The van der Waals surface area contributed by atoms with Crippen LogP contribution >= 0.6 is 11.3 Å². The Labute approximate surface area is 138 Å². The number of benzene rings is 1. The number of aromatic nitrogens is 1. The molecule has 0 bridgehead atoms. The topological polar surface area (TPSA) is 65.5 Å². The predicted molar refractivity (Wildman–Crippen MR) is 89.1 cm³/mol. The van der Waals surface area contributed by atoms with E-state index in [1.807, 2.05) is 0 Å². The summed E-state index contributed by atoms with van der Waals surface area (Å²) in [5.74, 6) is -0.400. The number of rotatable bonds is 8. The lowest BCUT2D eigenvalue weighted by Gasteiger charge is -2.20. The monoisotopic (exact) mass is 337 g/mol. The lowest BCUT2D eigenvalue weighted by Crippen LogP contribution is -2.35. The molecule has 2 aromatic rings. The van der Waals surface area contributed by atoms with Crippen molar-refractivity contribution in [3.05, 3.63) is 24.0 Å². The third-order valence-corrected chi connectivity index (χ3v) is 4.79. The molecule has 1 amide bonds. The normalized spacial score (nSPS) is 14.6. The molecule has 5 nitrogen and oxygen atoms in total. The molecule has 1 fully saturated rings. The molecule has 1 aliphatic rings. The van der Waals surface area contributed by atoms with Crippen LogP contribution in [0.2, 0.25) is 0 Å². The lowest BCUT2D eigenvalue weighted by atomic mass is 10.3. The molecule has 1 heterocycles. The van der Waals surface area contributed by atoms with Crippen molar-refractivity contribution in [2.45, 2.75) is 31.7 Å². The highest BCUT2D eigenvalue weighted by Gasteiger charge is 2.29. The molecule has 124 valence electrons. The van der Waals surface area contributed by atoms with Gasteiger partial charge in [0.25, 0.3) is 0 Å². The van der Waals surface area contributed by atoms with Gasteiger partial charge in [0.2, 0.25) is 5.91 Å². The van der Waals surface area contributed by atoms with Crippen molar-refractivity contribution < 1.29 is 14.3 Å². The molecule has 1 aliphatic carbocycles. The number of hydrogen-bond donors (Lipinski definition) is 2. The minimum absolute atomic E-state index is 0.0968. The first-order chi connectivity index (χ1) is 11.2. The largest absolute Gasteiger partial charge is 0.396 e. The number of amides is 1. The van der Waals surface area contributed by atoms with Gasteiger partial charge in [0.15, 0.2) is 5.13 Å². The van der Waals surface area contributed by atoms with Crippen molar-refractivity contribution in [3.63, 3.8) is 0 Å². The molecule has 0 saturated heterocycles. The van der Waals surface area contributed by atoms with Gasteiger partial charge in [0.1, 0.15) is 5.82 Å². The SMILES string of the molecule is O=C(CN(CCCCO)C1CC1)Nc1nc2ccc(F)cc2s1. The first-order valence-electron chi connectivity index (χ1n) is 7.86. The molecule has 0 aliphatic heterocycles. The summed E-state index contributed by atoms with van der Waals surface area (Å²) in [6.45, 7) is 1.34. The van der Waals surface area contributed by atoms with Crippen LogP contribution < -0.4 is 5.32 Å². The minimum atomic E-state index is -0.303. The van der Waals surface area contributed by atoms with Crippen LogP contribution in [0, 0.1) is 5.82 Å². The second-order valence-corrected chi connectivity index (χ2v) is 6.84. The average Bonchev–Trinajstić information content (AvgIpc) is 3.28. The summed E-state index contributed by atoms with van der Waals surface area (Å²) in [7, 11) is 0. The Hall–Kier alpha value is -1.57. The van der Waals surface area contributed by atoms with Crippen LogP contribution in [0.1, 0.15) is 25.7 Å². The van der Waals surface area contributed by atoms with Crippen molar-refractivity contribution in [2.24, 2.45) is 0 Å². The third kappa shape index (κ3) is 4.46. The van der Waals surface area contributed by atoms with E-state index < -0.39 is 0 Å². The Bertz CT molecular complexity index is 687. The summed E-state index contributed by atoms with van der Waals surface area (Å²) in [4.78, 5) is 18.7. The van der Waals surface area contributed by atoms with Crippen LogP contribution in [0.3, 0.4) is 0 Å². The van der Waals surface area contributed by atoms with E-state index in [1.165, 1.54) is 23.5 Å². The molecule has 0 radical (unpaired) electrons. The molecule has 1 aromatic carbocycles. The fraction of sp³-hybridized carbons (Fsp3) is 0.500. The fourth-order valence-electron chi connectivity index (χ4n) is 2.55. The van der Waals surface area contributed by atoms with Gasteiger partial charge in [0, 0.05) is 12.6 Å². The van der Waals surface area contributed by atoms with E-state index in [0.717, 1.165) is 36.9 Å². The molecular weight excluding hydrogens is 317 g/mol. The van der Waals surface area contributed by atoms with E-state index >= 15 is 0 Å². The summed E-state index contributed by atoms with van der Waals surface area (Å²) in [5, 5.41) is 12.2. The van der Waals surface area contributed by atoms with E-state index in [1.54, 1.807) is 6.07 Å². The smallest absolute Gasteiger partial charge is 0.240 e. The van der Waals surface area contributed by atoms with E-state index in [-0.39, 0.29) is 18.3 Å². The van der Waals surface area contributed by atoms with Crippen LogP contribution in [0.5, 0.6) is 0 Å². The minimum Gasteiger partial charge on any atom is -0.396 e. The maximum absolute atomic E-state index is 13.2. The predicted octanol–water partition coefficient (Wildman–Crippen LogP) is 2.61. The third-order valence-electron chi connectivity index (χ3n) is 3.86. The van der Waals surface area contributed by atoms with Gasteiger partial charge >= 0.3 is 0 Å². The van der Waals surface area contributed by atoms with E-state index in [0.29, 0.717) is 23.2 Å². The number of aliphatic hydroxyl groups excluding tert-OH is 1. The lowest BCUT2D eigenvalue weighted by molar-refractivity contribution is -0.117. The second-order valence-electron chi connectivity index (χ2n) is 5.81. The number of carbonyl (C=O) groups is 1. The average molecular weight is 337 g/mol. The maximum atomic E-state index is 13.2. The van der Waals surface area contributed by atoms with E-state index in [9.17, 15) is 9.18 Å². The molecule has 1 saturated carbocycles. The van der Waals surface area contributed by atoms with Gasteiger partial charge in [-0.25, -0.2) is 9.37 Å². The van der Waals surface area contributed by atoms with Crippen LogP contribution in [0.25, 0.3) is 10.2 Å². The molecule has 0 atom stereocenters. The number of aliphatic hydroxyl groups is 1. The zero-order chi connectivity index (χ0) is 16.2. The molecule has 1 aromatic heterocycles. The molecule has 0 unspecified atom stereocenters. The van der Waals surface area contributed by atoms with Crippen LogP contribution in [0.4, 0.5) is 9.52 Å². The number of nitrogens with one attached hydrogen (secondary N) is 1. The van der Waals surface area contributed by atoms with Gasteiger partial charge in [-0.1, -0.05) is 11.3 Å². The van der Waals surface area contributed by atoms with Crippen LogP contribution in [-0.4, -0.2) is 46.6 Å². The first kappa shape index (κ1) is 16.3. The Morgan fingerprint density at radius 3 is 3.00 bits per heavy atom.